The first-order valence-electron chi connectivity index (χ1n) is 35.8. The molecular formula is C70H102N18O20S2. The lowest BCUT2D eigenvalue weighted by Crippen LogP contribution is -2.62. The van der Waals surface area contributed by atoms with Crippen molar-refractivity contribution in [3.05, 3.63) is 90.1 Å². The van der Waals surface area contributed by atoms with Gasteiger partial charge in [-0.25, -0.2) is 9.78 Å². The van der Waals surface area contributed by atoms with Crippen molar-refractivity contribution in [2.75, 3.05) is 37.7 Å². The number of nitrogens with two attached hydrogens (primary N) is 2. The molecule has 0 bridgehead atoms. The first kappa shape index (κ1) is 90.4. The van der Waals surface area contributed by atoms with Crippen molar-refractivity contribution < 1.29 is 97.5 Å². The number of unbranched alkanes of at least 4 members (excludes halogenated alkanes) is 1. The SMILES string of the molecule is CC(C)C[C@H](NC(=O)[C@@H](N)Cc1ccccc1)C(=O)N[C@@H](C)C(=O)N[C@@H](CS)C(=O)N1CCC[C@H]1C(=O)N[C@@H](CCC(=O)O)C(=O)N[C@H](C(=O)N[C@@H](Cc1cnc[nH]1)C(=O)N[C@@H](CS)C(=O)N[C@H](C(=O)NCC(=O)N[C@@H](CO)C(=O)N[C@@H](Cc1c[nH]c2ccccc12)C(=O)N[C@@H](CCCCN)C(=O)O)[C@@H](C)O)[C@@H](C)O. The standard InChI is InChI=1S/C70H102N18O20S2/c1-35(2)24-47(81-59(96)43(72)25-39-14-7-6-8-15-39)61(98)77-36(3)58(95)85-52(33-110)69(106)88-23-13-19-53(88)66(103)79-45(20-21-55(93)94)60(97)87-57(38(5)91)68(105)83-49(27-41-29-73-34-76-41)63(100)84-51(32-109)65(102)86-56(37(4)90)67(104)75-30-54(92)78-50(31-89)64(101)82-48(26-40-28-74-44-17-10-9-16-42(40)44)62(99)80-46(70(107)108)18-11-12-22-71/h6-10,14-17,28-29,34-38,43,45-53,56-57,74,89-91,109-110H,11-13,18-27,30-33,71-72H2,1-5H3,(H,73,76)(H,75,104)(H,77,98)(H,78,92)(H,79,103)(H,80,99)(H,81,96)(H,82,101)(H,83,105)(H,84,100)(H,85,95)(H,86,102)(H,87,97)(H,93,94)(H,107,108)/t36-,37+,38+,43-,45-,46-,47-,48-,49-,50-,51-,52-,53-,56-,57-/m0/s1. The third kappa shape index (κ3) is 28.3. The van der Waals surface area contributed by atoms with Gasteiger partial charge in [0.25, 0.3) is 0 Å². The highest BCUT2D eigenvalue weighted by Gasteiger charge is 2.42. The van der Waals surface area contributed by atoms with Crippen LogP contribution in [0.4, 0.5) is 0 Å². The van der Waals surface area contributed by atoms with Gasteiger partial charge in [-0.1, -0.05) is 62.4 Å². The van der Waals surface area contributed by atoms with Gasteiger partial charge in [-0.05, 0) is 102 Å². The normalized spacial score (nSPS) is 16.5. The average molecular weight is 1580 g/mol. The number of benzene rings is 2. The highest BCUT2D eigenvalue weighted by molar-refractivity contribution is 7.80. The predicted molar refractivity (Wildman–Crippen MR) is 402 cm³/mol. The highest BCUT2D eigenvalue weighted by atomic mass is 32.1. The van der Waals surface area contributed by atoms with Gasteiger partial charge in [0.1, 0.15) is 72.5 Å². The number of aliphatic hydroxyl groups is 3. The summed E-state index contributed by atoms with van der Waals surface area (Å²) in [7, 11) is 0. The maximum Gasteiger partial charge on any atom is 0.326 e. The van der Waals surface area contributed by atoms with E-state index in [1.807, 2.05) is 19.9 Å². The van der Waals surface area contributed by atoms with Crippen molar-refractivity contribution >= 4 is 125 Å². The molecule has 38 nitrogen and oxygen atoms in total. The van der Waals surface area contributed by atoms with Crippen LogP contribution in [0.15, 0.2) is 73.3 Å². The van der Waals surface area contributed by atoms with E-state index in [2.05, 4.69) is 104 Å². The van der Waals surface area contributed by atoms with E-state index in [0.29, 0.717) is 29.3 Å². The molecule has 0 saturated carbocycles. The van der Waals surface area contributed by atoms with Gasteiger partial charge < -0.3 is 116 Å². The number of rotatable bonds is 46. The molecule has 4 aromatic rings. The molecule has 0 unspecified atom stereocenters. The quantitative estimate of drug-likeness (QED) is 0.0145. The van der Waals surface area contributed by atoms with Gasteiger partial charge in [-0.3, -0.25) is 67.1 Å². The van der Waals surface area contributed by atoms with Crippen molar-refractivity contribution in [1.82, 2.24) is 83.7 Å². The minimum Gasteiger partial charge on any atom is -0.481 e. The van der Waals surface area contributed by atoms with Crippen LogP contribution >= 0.6 is 25.3 Å². The number of carboxylic acid groups (broad SMARTS) is 2. The molecule has 15 atom stereocenters. The number of carbonyl (C=O) groups excluding carboxylic acids is 13. The summed E-state index contributed by atoms with van der Waals surface area (Å²) in [6, 6.07) is -3.58. The Morgan fingerprint density at radius 3 is 1.75 bits per heavy atom. The van der Waals surface area contributed by atoms with Gasteiger partial charge >= 0.3 is 11.9 Å². The zero-order valence-electron chi connectivity index (χ0n) is 61.5. The van der Waals surface area contributed by atoms with Gasteiger partial charge in [0.05, 0.1) is 37.7 Å². The van der Waals surface area contributed by atoms with Crippen LogP contribution in [0.3, 0.4) is 0 Å². The van der Waals surface area contributed by atoms with Crippen LogP contribution < -0.4 is 75.3 Å². The molecule has 1 aliphatic heterocycles. The Balaban J connectivity index is 1.21. The monoisotopic (exact) mass is 1580 g/mol. The van der Waals surface area contributed by atoms with Gasteiger partial charge in [0.15, 0.2) is 0 Å². The van der Waals surface area contributed by atoms with E-state index < -0.39 is 218 Å². The molecule has 0 radical (unpaired) electrons. The number of aromatic nitrogens is 3. The summed E-state index contributed by atoms with van der Waals surface area (Å²) < 4.78 is 0. The average Bonchev–Trinajstić information content (AvgIpc) is 1.62. The number of nitrogens with zero attached hydrogens (tertiary/aromatic N) is 2. The van der Waals surface area contributed by atoms with Gasteiger partial charge in [0.2, 0.25) is 76.8 Å². The third-order valence-corrected chi connectivity index (χ3v) is 18.5. The molecule has 2 aromatic carbocycles. The van der Waals surface area contributed by atoms with Crippen molar-refractivity contribution in [2.45, 2.75) is 196 Å². The maximum absolute atomic E-state index is 14.2. The zero-order chi connectivity index (χ0) is 81.5. The summed E-state index contributed by atoms with van der Waals surface area (Å²) in [5.74, 6) is -16.5. The van der Waals surface area contributed by atoms with Crippen LogP contribution in [0.25, 0.3) is 10.9 Å². The number of amides is 13. The van der Waals surface area contributed by atoms with Crippen LogP contribution in [0.2, 0.25) is 0 Å². The molecule has 1 fully saturated rings. The molecule has 604 valence electrons. The number of imidazole rings is 1. The lowest BCUT2D eigenvalue weighted by atomic mass is 10.0. The summed E-state index contributed by atoms with van der Waals surface area (Å²) in [4.78, 5) is 215. The van der Waals surface area contributed by atoms with Gasteiger partial charge in [-0.2, -0.15) is 25.3 Å². The highest BCUT2D eigenvalue weighted by Crippen LogP contribution is 2.22. The number of nitrogens with one attached hydrogen (secondary N) is 14. The van der Waals surface area contributed by atoms with E-state index in [4.69, 9.17) is 11.5 Å². The molecule has 5 rings (SSSR count). The molecule has 13 amide bonds. The van der Waals surface area contributed by atoms with Crippen LogP contribution in [-0.4, -0.2) is 263 Å². The number of aliphatic hydroxyl groups excluding tert-OH is 3. The van der Waals surface area contributed by atoms with Gasteiger partial charge in [0, 0.05) is 66.3 Å². The Bertz CT molecular complexity index is 3810. The number of aromatic amines is 2. The molecule has 0 spiro atoms. The van der Waals surface area contributed by atoms with E-state index in [0.717, 1.165) is 24.3 Å². The van der Waals surface area contributed by atoms with Crippen molar-refractivity contribution in [3.8, 4) is 0 Å². The second-order valence-corrected chi connectivity index (χ2v) is 27.7. The molecule has 40 heteroatoms. The number of likely N-dealkylation sites (tertiary alicyclic amines) is 1. The number of hydrogen-bond acceptors (Lipinski definition) is 23. The molecule has 3 heterocycles. The summed E-state index contributed by atoms with van der Waals surface area (Å²) >= 11 is 8.47. The van der Waals surface area contributed by atoms with E-state index in [1.165, 1.54) is 19.4 Å². The second-order valence-electron chi connectivity index (χ2n) is 27.0. The Labute approximate surface area is 644 Å². The van der Waals surface area contributed by atoms with Crippen molar-refractivity contribution in [2.24, 2.45) is 17.4 Å². The molecule has 0 aliphatic carbocycles. The first-order valence-corrected chi connectivity index (χ1v) is 37.0. The minimum absolute atomic E-state index is 0.0155. The number of H-pyrrole nitrogens is 2. The topological polar surface area (TPSA) is 601 Å². The Kier molecular flexibility index (Phi) is 37.0. The van der Waals surface area contributed by atoms with Crippen LogP contribution in [0, 0.1) is 5.92 Å². The maximum atomic E-state index is 14.2. The number of aliphatic carboxylic acids is 2. The van der Waals surface area contributed by atoms with Crippen molar-refractivity contribution in [1.29, 1.82) is 0 Å². The van der Waals surface area contributed by atoms with E-state index in [9.17, 15) is 97.5 Å². The lowest BCUT2D eigenvalue weighted by molar-refractivity contribution is -0.142. The first-order chi connectivity index (χ1) is 52.2. The smallest absolute Gasteiger partial charge is 0.326 e. The lowest BCUT2D eigenvalue weighted by Gasteiger charge is -2.30. The largest absolute Gasteiger partial charge is 0.481 e. The number of para-hydroxylation sites is 1. The fourth-order valence-electron chi connectivity index (χ4n) is 11.7. The predicted octanol–water partition coefficient (Wildman–Crippen LogP) is -5.56. The Hall–Kier alpha value is -10.3. The molecular weight excluding hydrogens is 1480 g/mol. The van der Waals surface area contributed by atoms with E-state index in [1.54, 1.807) is 54.7 Å². The molecule has 110 heavy (non-hydrogen) atoms. The fourth-order valence-corrected chi connectivity index (χ4v) is 12.2. The fraction of sp³-hybridized carbons (Fsp3) is 0.543. The third-order valence-electron chi connectivity index (χ3n) is 17.7. The van der Waals surface area contributed by atoms with Crippen LogP contribution in [-0.2, 0) is 91.2 Å². The van der Waals surface area contributed by atoms with E-state index >= 15 is 0 Å². The summed E-state index contributed by atoms with van der Waals surface area (Å²) in [6.07, 6.45) is 0.162. The minimum atomic E-state index is -1.96. The summed E-state index contributed by atoms with van der Waals surface area (Å²) in [6.45, 7) is 5.44. The van der Waals surface area contributed by atoms with Gasteiger partial charge in [-0.15, -0.1) is 0 Å². The molecule has 23 N–H and O–H groups in total. The second kappa shape index (κ2) is 45.0. The number of carboxylic acids is 2. The molecule has 1 aliphatic rings. The van der Waals surface area contributed by atoms with Crippen LogP contribution in [0.5, 0.6) is 0 Å². The number of fused-ring (bicyclic) bond motifs is 1. The molecule has 1 saturated heterocycles. The Morgan fingerprint density at radius 1 is 0.582 bits per heavy atom. The zero-order valence-corrected chi connectivity index (χ0v) is 63.3. The Morgan fingerprint density at radius 2 is 1.15 bits per heavy atom. The van der Waals surface area contributed by atoms with E-state index in [-0.39, 0.29) is 69.0 Å². The number of hydrogen-bond donors (Lipinski definition) is 23. The van der Waals surface area contributed by atoms with Crippen LogP contribution in [0.1, 0.15) is 103 Å². The molecule has 2 aromatic heterocycles. The number of carbonyl (C=O) groups is 15. The summed E-state index contributed by atoms with van der Waals surface area (Å²) in [5.41, 5.74) is 14.0. The van der Waals surface area contributed by atoms with Crippen molar-refractivity contribution in [3.63, 3.8) is 0 Å². The summed E-state index contributed by atoms with van der Waals surface area (Å²) in [5, 5.41) is 81.1. The number of thiol groups is 2.